The lowest BCUT2D eigenvalue weighted by Gasteiger charge is -2.29. The predicted molar refractivity (Wildman–Crippen MR) is 66.4 cm³/mol. The summed E-state index contributed by atoms with van der Waals surface area (Å²) in [6.07, 6.45) is 9.36. The summed E-state index contributed by atoms with van der Waals surface area (Å²) >= 11 is 0. The minimum atomic E-state index is 0.395. The Hall–Kier alpha value is -1.63. The Morgan fingerprint density at radius 2 is 2.24 bits per heavy atom. The number of anilines is 1. The number of hydrogen-bond acceptors (Lipinski definition) is 4. The topological polar surface area (TPSA) is 61.6 Å². The van der Waals surface area contributed by atoms with Gasteiger partial charge in [-0.05, 0) is 18.8 Å². The van der Waals surface area contributed by atoms with Crippen molar-refractivity contribution < 1.29 is 0 Å². The average Bonchev–Trinajstić information content (AvgIpc) is 2.39. The number of nitriles is 1. The van der Waals surface area contributed by atoms with E-state index in [4.69, 9.17) is 5.26 Å². The second-order valence-corrected chi connectivity index (χ2v) is 4.65. The van der Waals surface area contributed by atoms with Gasteiger partial charge in [0.25, 0.3) is 0 Å². The first-order chi connectivity index (χ1) is 8.33. The number of rotatable bonds is 3. The van der Waals surface area contributed by atoms with E-state index in [9.17, 15) is 0 Å². The second kappa shape index (κ2) is 5.62. The summed E-state index contributed by atoms with van der Waals surface area (Å²) in [5, 5.41) is 12.3. The predicted octanol–water partition coefficient (Wildman–Crippen LogP) is 2.73. The van der Waals surface area contributed by atoms with E-state index in [0.29, 0.717) is 17.6 Å². The molecule has 2 rings (SSSR count). The molecule has 4 heteroatoms. The molecule has 2 atom stereocenters. The molecule has 1 aliphatic carbocycles. The van der Waals surface area contributed by atoms with Crippen molar-refractivity contribution in [2.75, 3.05) is 5.32 Å². The molecule has 17 heavy (non-hydrogen) atoms. The summed E-state index contributed by atoms with van der Waals surface area (Å²) in [4.78, 5) is 8.21. The summed E-state index contributed by atoms with van der Waals surface area (Å²) in [6.45, 7) is 2.25. The Morgan fingerprint density at radius 3 is 3.00 bits per heavy atom. The van der Waals surface area contributed by atoms with Crippen LogP contribution in [0, 0.1) is 17.2 Å². The van der Waals surface area contributed by atoms with Crippen molar-refractivity contribution in [1.82, 2.24) is 9.97 Å². The SMILES string of the molecule is CCC1CCCC(Nc2nccnc2C#N)C1. The van der Waals surface area contributed by atoms with Gasteiger partial charge in [0, 0.05) is 18.4 Å². The van der Waals surface area contributed by atoms with Crippen molar-refractivity contribution in [3.05, 3.63) is 18.1 Å². The second-order valence-electron chi connectivity index (χ2n) is 4.65. The van der Waals surface area contributed by atoms with Crippen LogP contribution < -0.4 is 5.32 Å². The van der Waals surface area contributed by atoms with Crippen molar-refractivity contribution in [2.24, 2.45) is 5.92 Å². The van der Waals surface area contributed by atoms with Crippen LogP contribution >= 0.6 is 0 Å². The highest BCUT2D eigenvalue weighted by Gasteiger charge is 2.21. The van der Waals surface area contributed by atoms with Crippen molar-refractivity contribution in [3.63, 3.8) is 0 Å². The van der Waals surface area contributed by atoms with Gasteiger partial charge in [-0.25, -0.2) is 9.97 Å². The van der Waals surface area contributed by atoms with Crippen LogP contribution in [0.15, 0.2) is 12.4 Å². The quantitative estimate of drug-likeness (QED) is 0.867. The van der Waals surface area contributed by atoms with Crippen LogP contribution in [0.25, 0.3) is 0 Å². The third-order valence-corrected chi connectivity index (χ3v) is 3.51. The molecule has 1 fully saturated rings. The molecule has 0 amide bonds. The molecule has 1 aliphatic rings. The highest BCUT2D eigenvalue weighted by Crippen LogP contribution is 2.28. The maximum Gasteiger partial charge on any atom is 0.182 e. The summed E-state index contributed by atoms with van der Waals surface area (Å²) in [6, 6.07) is 2.52. The van der Waals surface area contributed by atoms with Crippen LogP contribution in [-0.4, -0.2) is 16.0 Å². The molecule has 0 aliphatic heterocycles. The normalized spacial score (nSPS) is 24.0. The molecule has 0 spiro atoms. The maximum atomic E-state index is 8.95. The van der Waals surface area contributed by atoms with Gasteiger partial charge in [-0.2, -0.15) is 5.26 Å². The van der Waals surface area contributed by atoms with Gasteiger partial charge >= 0.3 is 0 Å². The Labute approximate surface area is 102 Å². The fourth-order valence-corrected chi connectivity index (χ4v) is 2.51. The Morgan fingerprint density at radius 1 is 1.41 bits per heavy atom. The molecule has 1 N–H and O–H groups in total. The molecule has 1 heterocycles. The Balaban J connectivity index is 2.03. The molecule has 0 radical (unpaired) electrons. The smallest absolute Gasteiger partial charge is 0.182 e. The minimum absolute atomic E-state index is 0.395. The molecule has 1 aromatic rings. The summed E-state index contributed by atoms with van der Waals surface area (Å²) in [5.41, 5.74) is 0.395. The number of nitrogens with zero attached hydrogens (tertiary/aromatic N) is 3. The van der Waals surface area contributed by atoms with Crippen LogP contribution in [0.1, 0.15) is 44.7 Å². The minimum Gasteiger partial charge on any atom is -0.365 e. The van der Waals surface area contributed by atoms with Gasteiger partial charge < -0.3 is 5.32 Å². The van der Waals surface area contributed by atoms with Gasteiger partial charge in [0.2, 0.25) is 0 Å². The molecule has 0 saturated heterocycles. The largest absolute Gasteiger partial charge is 0.365 e. The van der Waals surface area contributed by atoms with E-state index in [2.05, 4.69) is 28.3 Å². The Bertz CT molecular complexity index is 410. The van der Waals surface area contributed by atoms with Crippen LogP contribution in [-0.2, 0) is 0 Å². The maximum absolute atomic E-state index is 8.95. The molecule has 0 aromatic carbocycles. The third-order valence-electron chi connectivity index (χ3n) is 3.51. The average molecular weight is 230 g/mol. The Kier molecular flexibility index (Phi) is 3.92. The molecule has 0 bridgehead atoms. The lowest BCUT2D eigenvalue weighted by atomic mass is 9.84. The van der Waals surface area contributed by atoms with E-state index < -0.39 is 0 Å². The summed E-state index contributed by atoms with van der Waals surface area (Å²) in [7, 11) is 0. The van der Waals surface area contributed by atoms with Crippen molar-refractivity contribution >= 4 is 5.82 Å². The van der Waals surface area contributed by atoms with E-state index >= 15 is 0 Å². The molecular formula is C13H18N4. The van der Waals surface area contributed by atoms with Gasteiger partial charge in [0.1, 0.15) is 6.07 Å². The monoisotopic (exact) mass is 230 g/mol. The van der Waals surface area contributed by atoms with E-state index in [0.717, 1.165) is 12.3 Å². The molecule has 1 saturated carbocycles. The standard InChI is InChI=1S/C13H18N4/c1-2-10-4-3-5-11(8-10)17-13-12(9-14)15-6-7-16-13/h6-7,10-11H,2-5,8H2,1H3,(H,16,17). The van der Waals surface area contributed by atoms with Crippen LogP contribution in [0.3, 0.4) is 0 Å². The van der Waals surface area contributed by atoms with E-state index in [1.165, 1.54) is 25.7 Å². The highest BCUT2D eigenvalue weighted by molar-refractivity contribution is 5.47. The van der Waals surface area contributed by atoms with Crippen LogP contribution in [0.5, 0.6) is 0 Å². The summed E-state index contributed by atoms with van der Waals surface area (Å²) in [5.74, 6) is 1.44. The van der Waals surface area contributed by atoms with Crippen LogP contribution in [0.4, 0.5) is 5.82 Å². The molecule has 1 aromatic heterocycles. The fraction of sp³-hybridized carbons (Fsp3) is 0.615. The van der Waals surface area contributed by atoms with Gasteiger partial charge in [-0.15, -0.1) is 0 Å². The van der Waals surface area contributed by atoms with Crippen molar-refractivity contribution in [2.45, 2.75) is 45.1 Å². The first-order valence-electron chi connectivity index (χ1n) is 6.31. The number of aromatic nitrogens is 2. The lowest BCUT2D eigenvalue weighted by Crippen LogP contribution is -2.28. The fourth-order valence-electron chi connectivity index (χ4n) is 2.51. The lowest BCUT2D eigenvalue weighted by molar-refractivity contribution is 0.327. The number of nitrogens with one attached hydrogen (secondary N) is 1. The molecular weight excluding hydrogens is 212 g/mol. The third kappa shape index (κ3) is 2.94. The first kappa shape index (κ1) is 11.8. The van der Waals surface area contributed by atoms with Gasteiger partial charge in [0.05, 0.1) is 0 Å². The zero-order chi connectivity index (χ0) is 12.1. The zero-order valence-corrected chi connectivity index (χ0v) is 10.2. The highest BCUT2D eigenvalue weighted by atomic mass is 15.0. The molecule has 4 nitrogen and oxygen atoms in total. The zero-order valence-electron chi connectivity index (χ0n) is 10.2. The van der Waals surface area contributed by atoms with Gasteiger partial charge in [0.15, 0.2) is 11.5 Å². The molecule has 90 valence electrons. The van der Waals surface area contributed by atoms with Crippen molar-refractivity contribution in [3.8, 4) is 6.07 Å². The first-order valence-corrected chi connectivity index (χ1v) is 6.31. The van der Waals surface area contributed by atoms with E-state index in [-0.39, 0.29) is 0 Å². The van der Waals surface area contributed by atoms with Crippen LogP contribution in [0.2, 0.25) is 0 Å². The molecule has 2 unspecified atom stereocenters. The van der Waals surface area contributed by atoms with Crippen molar-refractivity contribution in [1.29, 1.82) is 5.26 Å². The van der Waals surface area contributed by atoms with E-state index in [1.807, 2.05) is 0 Å². The summed E-state index contributed by atoms with van der Waals surface area (Å²) < 4.78 is 0. The van der Waals surface area contributed by atoms with E-state index in [1.54, 1.807) is 12.4 Å². The van der Waals surface area contributed by atoms with Gasteiger partial charge in [-0.3, -0.25) is 0 Å². The van der Waals surface area contributed by atoms with Gasteiger partial charge in [-0.1, -0.05) is 26.2 Å². The number of hydrogen-bond donors (Lipinski definition) is 1.